The minimum Gasteiger partial charge on any atom is -0.295 e. The number of benzene rings is 2. The van der Waals surface area contributed by atoms with Gasteiger partial charge in [-0.1, -0.05) is 61.5 Å². The molecule has 0 aliphatic rings. The largest absolute Gasteiger partial charge is 0.295 e. The molecule has 0 fully saturated rings. The molecule has 2 nitrogen and oxygen atoms in total. The van der Waals surface area contributed by atoms with Crippen LogP contribution in [0.25, 0.3) is 0 Å². The van der Waals surface area contributed by atoms with Gasteiger partial charge in [0, 0.05) is 11.1 Å². The molecule has 0 amide bonds. The van der Waals surface area contributed by atoms with Crippen molar-refractivity contribution >= 4 is 11.6 Å². The maximum Gasteiger partial charge on any atom is 0.193 e. The van der Waals surface area contributed by atoms with E-state index in [0.717, 1.165) is 5.56 Å². The molecule has 21 heavy (non-hydrogen) atoms. The number of rotatable bonds is 5. The third kappa shape index (κ3) is 3.99. The van der Waals surface area contributed by atoms with Crippen LogP contribution in [-0.4, -0.2) is 11.6 Å². The van der Waals surface area contributed by atoms with Crippen molar-refractivity contribution in [2.45, 2.75) is 19.8 Å². The Morgan fingerprint density at radius 1 is 0.952 bits per heavy atom. The van der Waals surface area contributed by atoms with E-state index in [4.69, 9.17) is 0 Å². The lowest BCUT2D eigenvalue weighted by Crippen LogP contribution is -2.02. The molecule has 0 aromatic heterocycles. The van der Waals surface area contributed by atoms with Gasteiger partial charge >= 0.3 is 0 Å². The maximum absolute atomic E-state index is 12.4. The molecule has 0 aliphatic heterocycles. The molecular weight excluding hydrogens is 260 g/mol. The number of ketones is 2. The summed E-state index contributed by atoms with van der Waals surface area (Å²) in [6.07, 6.45) is 3.42. The van der Waals surface area contributed by atoms with Crippen LogP contribution < -0.4 is 0 Å². The molecule has 0 heterocycles. The van der Waals surface area contributed by atoms with Crippen molar-refractivity contribution < 1.29 is 9.59 Å². The fourth-order valence-electron chi connectivity index (χ4n) is 2.11. The molecule has 0 bridgehead atoms. The number of carbonyl (C=O) groups excluding carboxylic acids is 2. The Bertz CT molecular complexity index is 669. The predicted octanol–water partition coefficient (Wildman–Crippen LogP) is 4.17. The van der Waals surface area contributed by atoms with E-state index < -0.39 is 0 Å². The van der Waals surface area contributed by atoms with Crippen molar-refractivity contribution in [3.63, 3.8) is 0 Å². The summed E-state index contributed by atoms with van der Waals surface area (Å²) < 4.78 is 0. The van der Waals surface area contributed by atoms with Crippen LogP contribution in [0.2, 0.25) is 0 Å². The van der Waals surface area contributed by atoms with Crippen LogP contribution in [0.15, 0.2) is 66.7 Å². The molecule has 0 saturated heterocycles. The van der Waals surface area contributed by atoms with E-state index >= 15 is 0 Å². The first-order valence-electron chi connectivity index (χ1n) is 6.96. The highest BCUT2D eigenvalue weighted by atomic mass is 16.1. The number of hydrogen-bond acceptors (Lipinski definition) is 2. The van der Waals surface area contributed by atoms with E-state index in [2.05, 4.69) is 0 Å². The van der Waals surface area contributed by atoms with Gasteiger partial charge in [-0.25, -0.2) is 0 Å². The highest BCUT2D eigenvalue weighted by Crippen LogP contribution is 2.19. The Morgan fingerprint density at radius 2 is 1.62 bits per heavy atom. The van der Waals surface area contributed by atoms with Crippen LogP contribution in [0.5, 0.6) is 0 Å². The van der Waals surface area contributed by atoms with Crippen molar-refractivity contribution in [1.82, 2.24) is 0 Å². The van der Waals surface area contributed by atoms with Gasteiger partial charge in [0.05, 0.1) is 0 Å². The first-order chi connectivity index (χ1) is 10.1. The van der Waals surface area contributed by atoms with Gasteiger partial charge in [0.2, 0.25) is 0 Å². The Morgan fingerprint density at radius 3 is 2.29 bits per heavy atom. The van der Waals surface area contributed by atoms with Crippen molar-refractivity contribution in [3.8, 4) is 0 Å². The van der Waals surface area contributed by atoms with Gasteiger partial charge in [-0.2, -0.15) is 0 Å². The van der Waals surface area contributed by atoms with E-state index in [1.165, 1.54) is 6.92 Å². The van der Waals surface area contributed by atoms with Gasteiger partial charge in [-0.15, -0.1) is 0 Å². The zero-order valence-corrected chi connectivity index (χ0v) is 12.2. The van der Waals surface area contributed by atoms with Crippen LogP contribution >= 0.6 is 0 Å². The highest BCUT2D eigenvalue weighted by Gasteiger charge is 2.10. The van der Waals surface area contributed by atoms with E-state index in [0.29, 0.717) is 11.1 Å². The minimum atomic E-state index is 0.0141. The summed E-state index contributed by atoms with van der Waals surface area (Å²) in [6, 6.07) is 16.8. The van der Waals surface area contributed by atoms with Crippen LogP contribution in [-0.2, 0) is 4.79 Å². The second kappa shape index (κ2) is 6.80. The normalized spacial score (nSPS) is 12.3. The van der Waals surface area contributed by atoms with Crippen LogP contribution in [0, 0.1) is 0 Å². The average molecular weight is 278 g/mol. The quantitative estimate of drug-likeness (QED) is 0.607. The minimum absolute atomic E-state index is 0.0141. The molecule has 2 rings (SSSR count). The molecular formula is C19H18O2. The number of allylic oxidation sites excluding steroid dienone is 2. The number of carbonyl (C=O) groups is 2. The van der Waals surface area contributed by atoms with E-state index in [-0.39, 0.29) is 17.5 Å². The SMILES string of the molecule is CC(=O)/C=C\C(C)c1cccc(C(=O)c2ccccc2)c1. The van der Waals surface area contributed by atoms with Crippen LogP contribution in [0.1, 0.15) is 41.3 Å². The smallest absolute Gasteiger partial charge is 0.193 e. The lowest BCUT2D eigenvalue weighted by atomic mass is 9.95. The molecule has 106 valence electrons. The summed E-state index contributed by atoms with van der Waals surface area (Å²) in [6.45, 7) is 3.53. The molecule has 0 aliphatic carbocycles. The summed E-state index contributed by atoms with van der Waals surface area (Å²) in [5, 5.41) is 0. The molecule has 0 N–H and O–H groups in total. The van der Waals surface area contributed by atoms with Crippen LogP contribution in [0.4, 0.5) is 0 Å². The topological polar surface area (TPSA) is 34.1 Å². The molecule has 0 spiro atoms. The monoisotopic (exact) mass is 278 g/mol. The molecule has 2 heteroatoms. The molecule has 2 aromatic rings. The standard InChI is InChI=1S/C19H18O2/c1-14(11-12-15(2)20)17-9-6-10-18(13-17)19(21)16-7-4-3-5-8-16/h3-14H,1-2H3/b12-11-. The molecule has 2 aromatic carbocycles. The fourth-order valence-corrected chi connectivity index (χ4v) is 2.11. The predicted molar refractivity (Wildman–Crippen MR) is 84.6 cm³/mol. The van der Waals surface area contributed by atoms with E-state index in [1.54, 1.807) is 6.08 Å². The molecule has 1 atom stereocenters. The molecule has 0 saturated carbocycles. The first kappa shape index (κ1) is 14.9. The van der Waals surface area contributed by atoms with Crippen molar-refractivity contribution in [2.75, 3.05) is 0 Å². The average Bonchev–Trinajstić information content (AvgIpc) is 2.52. The van der Waals surface area contributed by atoms with Crippen molar-refractivity contribution in [1.29, 1.82) is 0 Å². The second-order valence-electron chi connectivity index (χ2n) is 5.08. The van der Waals surface area contributed by atoms with Crippen molar-refractivity contribution in [3.05, 3.63) is 83.4 Å². The van der Waals surface area contributed by atoms with Gasteiger partial charge in [0.25, 0.3) is 0 Å². The van der Waals surface area contributed by atoms with Crippen molar-refractivity contribution in [2.24, 2.45) is 0 Å². The Kier molecular flexibility index (Phi) is 4.83. The van der Waals surface area contributed by atoms with E-state index in [1.807, 2.05) is 67.6 Å². The Hall–Kier alpha value is -2.48. The zero-order valence-electron chi connectivity index (χ0n) is 12.2. The first-order valence-corrected chi connectivity index (χ1v) is 6.96. The van der Waals surface area contributed by atoms with Gasteiger partial charge < -0.3 is 0 Å². The summed E-state index contributed by atoms with van der Waals surface area (Å²) >= 11 is 0. The Balaban J connectivity index is 2.26. The number of hydrogen-bond donors (Lipinski definition) is 0. The van der Waals surface area contributed by atoms with Gasteiger partial charge in [-0.3, -0.25) is 9.59 Å². The summed E-state index contributed by atoms with van der Waals surface area (Å²) in [5.74, 6) is 0.135. The Labute approximate surface area is 125 Å². The highest BCUT2D eigenvalue weighted by molar-refractivity contribution is 6.09. The van der Waals surface area contributed by atoms with Gasteiger partial charge in [-0.05, 0) is 30.5 Å². The summed E-state index contributed by atoms with van der Waals surface area (Å²) in [7, 11) is 0. The molecule has 0 radical (unpaired) electrons. The maximum atomic E-state index is 12.4. The van der Waals surface area contributed by atoms with Crippen LogP contribution in [0.3, 0.4) is 0 Å². The zero-order chi connectivity index (χ0) is 15.2. The third-order valence-corrected chi connectivity index (χ3v) is 3.33. The lowest BCUT2D eigenvalue weighted by Gasteiger charge is -2.09. The summed E-state index contributed by atoms with van der Waals surface area (Å²) in [5.41, 5.74) is 2.37. The lowest BCUT2D eigenvalue weighted by molar-refractivity contribution is -0.112. The molecule has 1 unspecified atom stereocenters. The van der Waals surface area contributed by atoms with E-state index in [9.17, 15) is 9.59 Å². The summed E-state index contributed by atoms with van der Waals surface area (Å²) in [4.78, 5) is 23.4. The third-order valence-electron chi connectivity index (χ3n) is 3.33. The fraction of sp³-hybridized carbons (Fsp3) is 0.158. The second-order valence-corrected chi connectivity index (χ2v) is 5.08. The van der Waals surface area contributed by atoms with Gasteiger partial charge in [0.15, 0.2) is 11.6 Å². The van der Waals surface area contributed by atoms with Gasteiger partial charge in [0.1, 0.15) is 0 Å².